The number of carbonyl (C=O) groups is 1. The minimum absolute atomic E-state index is 0.306. The smallest absolute Gasteiger partial charge is 0.345 e. The monoisotopic (exact) mass is 229 g/mol. The second-order valence-electron chi connectivity index (χ2n) is 2.75. The molecule has 0 aliphatic heterocycles. The van der Waals surface area contributed by atoms with E-state index in [1.54, 1.807) is 0 Å². The van der Waals surface area contributed by atoms with Gasteiger partial charge in [0.2, 0.25) is 0 Å². The van der Waals surface area contributed by atoms with Gasteiger partial charge in [0.1, 0.15) is 5.56 Å². The van der Waals surface area contributed by atoms with Crippen LogP contribution < -0.4 is 4.74 Å². The maximum atomic E-state index is 13.2. The van der Waals surface area contributed by atoms with Gasteiger partial charge in [0.05, 0.1) is 25.2 Å². The van der Waals surface area contributed by atoms with Crippen LogP contribution in [0, 0.1) is 15.9 Å². The molecule has 1 aromatic rings. The van der Waals surface area contributed by atoms with Crippen molar-refractivity contribution < 1.29 is 23.6 Å². The highest BCUT2D eigenvalue weighted by atomic mass is 19.1. The van der Waals surface area contributed by atoms with Gasteiger partial charge in [-0.05, 0) is 6.07 Å². The van der Waals surface area contributed by atoms with E-state index in [0.29, 0.717) is 6.07 Å². The van der Waals surface area contributed by atoms with E-state index in [9.17, 15) is 19.3 Å². The van der Waals surface area contributed by atoms with Crippen molar-refractivity contribution in [3.63, 3.8) is 0 Å². The molecule has 86 valence electrons. The lowest BCUT2D eigenvalue weighted by Gasteiger charge is -2.05. The zero-order valence-corrected chi connectivity index (χ0v) is 8.52. The maximum Gasteiger partial charge on any atom is 0.345 e. The Kier molecular flexibility index (Phi) is 3.39. The minimum atomic E-state index is -0.978. The topological polar surface area (TPSA) is 78.7 Å². The first kappa shape index (κ1) is 11.9. The number of benzene rings is 1. The summed E-state index contributed by atoms with van der Waals surface area (Å²) in [6.45, 7) is 0. The Morgan fingerprint density at radius 1 is 1.44 bits per heavy atom. The summed E-state index contributed by atoms with van der Waals surface area (Å²) < 4.78 is 22.1. The van der Waals surface area contributed by atoms with Crippen molar-refractivity contribution in [2.24, 2.45) is 0 Å². The molecule has 0 spiro atoms. The molecule has 6 nitrogen and oxygen atoms in total. The lowest BCUT2D eigenvalue weighted by Crippen LogP contribution is -2.07. The molecule has 0 aliphatic rings. The van der Waals surface area contributed by atoms with Crippen molar-refractivity contribution in [3.05, 3.63) is 33.6 Å². The van der Waals surface area contributed by atoms with Gasteiger partial charge in [0.15, 0.2) is 11.6 Å². The Bertz CT molecular complexity index is 446. The van der Waals surface area contributed by atoms with E-state index < -0.39 is 28.0 Å². The Morgan fingerprint density at radius 3 is 2.50 bits per heavy atom. The molecule has 0 radical (unpaired) electrons. The summed E-state index contributed by atoms with van der Waals surface area (Å²) in [5.41, 5.74) is -1.02. The van der Waals surface area contributed by atoms with Crippen LogP contribution in [0.3, 0.4) is 0 Å². The average molecular weight is 229 g/mol. The molecule has 7 heteroatoms. The summed E-state index contributed by atoms with van der Waals surface area (Å²) in [6.07, 6.45) is 0. The molecule has 0 amide bonds. The van der Waals surface area contributed by atoms with Gasteiger partial charge in [-0.25, -0.2) is 9.18 Å². The highest BCUT2D eigenvalue weighted by molar-refractivity contribution is 5.94. The third kappa shape index (κ3) is 2.08. The largest absolute Gasteiger partial charge is 0.493 e. The molecule has 1 aromatic carbocycles. The number of rotatable bonds is 3. The van der Waals surface area contributed by atoms with Crippen molar-refractivity contribution in [2.45, 2.75) is 0 Å². The molecule has 0 saturated heterocycles. The van der Waals surface area contributed by atoms with E-state index in [2.05, 4.69) is 9.47 Å². The van der Waals surface area contributed by atoms with Gasteiger partial charge in [-0.15, -0.1) is 0 Å². The predicted octanol–water partition coefficient (Wildman–Crippen LogP) is 1.53. The molecule has 0 atom stereocenters. The SMILES string of the molecule is COC(=O)c1cc(F)c(OC)cc1[N+](=O)[O-]. The summed E-state index contributed by atoms with van der Waals surface area (Å²) in [6, 6.07) is 1.55. The van der Waals surface area contributed by atoms with Crippen LogP contribution in [0.15, 0.2) is 12.1 Å². The summed E-state index contributed by atoms with van der Waals surface area (Å²) >= 11 is 0. The first-order valence-corrected chi connectivity index (χ1v) is 4.11. The van der Waals surface area contributed by atoms with Crippen molar-refractivity contribution in [1.82, 2.24) is 0 Å². The number of hydrogen-bond acceptors (Lipinski definition) is 5. The zero-order valence-electron chi connectivity index (χ0n) is 8.52. The van der Waals surface area contributed by atoms with E-state index in [0.717, 1.165) is 13.2 Å². The molecule has 0 N–H and O–H groups in total. The van der Waals surface area contributed by atoms with Gasteiger partial charge < -0.3 is 9.47 Å². The second kappa shape index (κ2) is 4.56. The number of hydrogen-bond donors (Lipinski definition) is 0. The highest BCUT2D eigenvalue weighted by Crippen LogP contribution is 2.28. The molecule has 0 saturated carbocycles. The van der Waals surface area contributed by atoms with Gasteiger partial charge >= 0.3 is 5.97 Å². The molecule has 0 fully saturated rings. The van der Waals surface area contributed by atoms with Crippen molar-refractivity contribution in [2.75, 3.05) is 14.2 Å². The predicted molar refractivity (Wildman–Crippen MR) is 50.9 cm³/mol. The third-order valence-corrected chi connectivity index (χ3v) is 1.87. The molecule has 16 heavy (non-hydrogen) atoms. The molecule has 0 unspecified atom stereocenters. The Balaban J connectivity index is 3.42. The van der Waals surface area contributed by atoms with Crippen LogP contribution in [0.2, 0.25) is 0 Å². The summed E-state index contributed by atoms with van der Waals surface area (Å²) in [4.78, 5) is 21.0. The maximum absolute atomic E-state index is 13.2. The van der Waals surface area contributed by atoms with Crippen LogP contribution in [-0.4, -0.2) is 25.1 Å². The van der Waals surface area contributed by atoms with E-state index in [-0.39, 0.29) is 5.75 Å². The molecule has 0 aromatic heterocycles. The van der Waals surface area contributed by atoms with E-state index in [1.165, 1.54) is 7.11 Å². The first-order valence-electron chi connectivity index (χ1n) is 4.11. The highest BCUT2D eigenvalue weighted by Gasteiger charge is 2.24. The molecular formula is C9H8FNO5. The third-order valence-electron chi connectivity index (χ3n) is 1.87. The Labute approximate surface area is 89.7 Å². The number of nitro benzene ring substituents is 1. The number of nitrogens with zero attached hydrogens (tertiary/aromatic N) is 1. The van der Waals surface area contributed by atoms with Crippen molar-refractivity contribution >= 4 is 11.7 Å². The number of carbonyl (C=O) groups excluding carboxylic acids is 1. The standard InChI is InChI=1S/C9H8FNO5/c1-15-8-4-7(11(13)14)5(3-6(8)10)9(12)16-2/h3-4H,1-2H3. The van der Waals surface area contributed by atoms with E-state index >= 15 is 0 Å². The van der Waals surface area contributed by atoms with Gasteiger partial charge in [-0.3, -0.25) is 10.1 Å². The summed E-state index contributed by atoms with van der Waals surface area (Å²) in [7, 11) is 2.22. The van der Waals surface area contributed by atoms with E-state index in [4.69, 9.17) is 0 Å². The average Bonchev–Trinajstić information content (AvgIpc) is 2.27. The van der Waals surface area contributed by atoms with Gasteiger partial charge in [0, 0.05) is 0 Å². The molecule has 0 aliphatic carbocycles. The fourth-order valence-corrected chi connectivity index (χ4v) is 1.12. The van der Waals surface area contributed by atoms with Gasteiger partial charge in [-0.2, -0.15) is 0 Å². The number of methoxy groups -OCH3 is 2. The molecule has 1 rings (SSSR count). The van der Waals surface area contributed by atoms with Crippen LogP contribution in [-0.2, 0) is 4.74 Å². The fraction of sp³-hybridized carbons (Fsp3) is 0.222. The summed E-state index contributed by atoms with van der Waals surface area (Å²) in [5, 5.41) is 10.6. The molecular weight excluding hydrogens is 221 g/mol. The van der Waals surface area contributed by atoms with Crippen LogP contribution in [0.4, 0.5) is 10.1 Å². The lowest BCUT2D eigenvalue weighted by molar-refractivity contribution is -0.385. The number of ether oxygens (including phenoxy) is 2. The fourth-order valence-electron chi connectivity index (χ4n) is 1.12. The second-order valence-corrected chi connectivity index (χ2v) is 2.75. The zero-order chi connectivity index (χ0) is 12.3. The quantitative estimate of drug-likeness (QED) is 0.446. The first-order chi connectivity index (χ1) is 7.51. The van der Waals surface area contributed by atoms with Crippen LogP contribution in [0.1, 0.15) is 10.4 Å². The Morgan fingerprint density at radius 2 is 2.06 bits per heavy atom. The number of halogens is 1. The van der Waals surface area contributed by atoms with Gasteiger partial charge in [0.25, 0.3) is 5.69 Å². The van der Waals surface area contributed by atoms with Crippen LogP contribution in [0.5, 0.6) is 5.75 Å². The van der Waals surface area contributed by atoms with E-state index in [1.807, 2.05) is 0 Å². The molecule has 0 bridgehead atoms. The number of nitro groups is 1. The summed E-state index contributed by atoms with van der Waals surface area (Å²) in [5.74, 6) is -2.15. The normalized spacial score (nSPS) is 9.69. The van der Waals surface area contributed by atoms with Gasteiger partial charge in [-0.1, -0.05) is 0 Å². The van der Waals surface area contributed by atoms with Crippen LogP contribution >= 0.6 is 0 Å². The molecule has 0 heterocycles. The Hall–Kier alpha value is -2.18. The lowest BCUT2D eigenvalue weighted by atomic mass is 10.1. The number of esters is 1. The van der Waals surface area contributed by atoms with Crippen LogP contribution in [0.25, 0.3) is 0 Å². The van der Waals surface area contributed by atoms with Crippen molar-refractivity contribution in [3.8, 4) is 5.75 Å². The minimum Gasteiger partial charge on any atom is -0.493 e. The van der Waals surface area contributed by atoms with Crippen molar-refractivity contribution in [1.29, 1.82) is 0 Å².